The van der Waals surface area contributed by atoms with E-state index >= 15 is 0 Å². The fraction of sp³-hybridized carbons (Fsp3) is 0.600. The smallest absolute Gasteiger partial charge is 0.130 e. The summed E-state index contributed by atoms with van der Waals surface area (Å²) in [6.07, 6.45) is 6.65. The lowest BCUT2D eigenvalue weighted by atomic mass is 9.88. The van der Waals surface area contributed by atoms with E-state index in [0.717, 1.165) is 67.4 Å². The first-order valence-electron chi connectivity index (χ1n) is 6.85. The standard InChI is InChI=1S/C15H22FNO/c1-18-14-10-11(6-4-5-9-17)15(16)13-8-3-2-7-12(13)14/h10H,2-9,17H2,1H3. The van der Waals surface area contributed by atoms with Gasteiger partial charge in [-0.1, -0.05) is 0 Å². The summed E-state index contributed by atoms with van der Waals surface area (Å²) < 4.78 is 19.8. The Bertz CT molecular complexity index is 417. The van der Waals surface area contributed by atoms with E-state index in [9.17, 15) is 4.39 Å². The molecule has 1 aliphatic rings. The molecule has 0 aliphatic heterocycles. The topological polar surface area (TPSA) is 35.2 Å². The number of fused-ring (bicyclic) bond motifs is 1. The fourth-order valence-corrected chi connectivity index (χ4v) is 2.75. The van der Waals surface area contributed by atoms with Gasteiger partial charge in [0, 0.05) is 5.56 Å². The molecule has 1 aliphatic carbocycles. The number of nitrogens with two attached hydrogens (primary N) is 1. The molecule has 1 aromatic carbocycles. The first kappa shape index (κ1) is 13.3. The first-order valence-corrected chi connectivity index (χ1v) is 6.85. The van der Waals surface area contributed by atoms with Crippen molar-refractivity contribution in [2.45, 2.75) is 44.9 Å². The van der Waals surface area contributed by atoms with E-state index in [1.807, 2.05) is 6.07 Å². The van der Waals surface area contributed by atoms with Crippen LogP contribution in [0.3, 0.4) is 0 Å². The van der Waals surface area contributed by atoms with Crippen molar-refractivity contribution >= 4 is 0 Å². The number of unbranched alkanes of at least 4 members (excludes halogenated alkanes) is 1. The number of methoxy groups -OCH3 is 1. The quantitative estimate of drug-likeness (QED) is 0.816. The Morgan fingerprint density at radius 3 is 2.61 bits per heavy atom. The third kappa shape index (κ3) is 2.66. The molecule has 0 fully saturated rings. The molecule has 0 atom stereocenters. The van der Waals surface area contributed by atoms with Gasteiger partial charge in [0.15, 0.2) is 0 Å². The summed E-state index contributed by atoms with van der Waals surface area (Å²) in [5.74, 6) is 0.872. The molecule has 0 radical (unpaired) electrons. The summed E-state index contributed by atoms with van der Waals surface area (Å²) in [5.41, 5.74) is 8.25. The van der Waals surface area contributed by atoms with Crippen LogP contribution in [-0.4, -0.2) is 13.7 Å². The van der Waals surface area contributed by atoms with Crippen LogP contribution in [0.4, 0.5) is 4.39 Å². The molecule has 1 aromatic rings. The number of aryl methyl sites for hydroxylation is 1. The first-order chi connectivity index (χ1) is 8.77. The lowest BCUT2D eigenvalue weighted by Crippen LogP contribution is -2.10. The van der Waals surface area contributed by atoms with Crippen molar-refractivity contribution in [1.29, 1.82) is 0 Å². The zero-order valence-electron chi connectivity index (χ0n) is 11.1. The van der Waals surface area contributed by atoms with Gasteiger partial charge < -0.3 is 10.5 Å². The van der Waals surface area contributed by atoms with Crippen molar-refractivity contribution in [3.63, 3.8) is 0 Å². The second-order valence-electron chi connectivity index (χ2n) is 4.96. The molecule has 2 N–H and O–H groups in total. The van der Waals surface area contributed by atoms with Gasteiger partial charge in [-0.15, -0.1) is 0 Å². The van der Waals surface area contributed by atoms with Gasteiger partial charge in [0.2, 0.25) is 0 Å². The van der Waals surface area contributed by atoms with Gasteiger partial charge in [-0.2, -0.15) is 0 Å². The van der Waals surface area contributed by atoms with E-state index in [1.165, 1.54) is 0 Å². The van der Waals surface area contributed by atoms with E-state index in [0.29, 0.717) is 6.54 Å². The second kappa shape index (κ2) is 6.19. The van der Waals surface area contributed by atoms with Gasteiger partial charge in [-0.25, -0.2) is 4.39 Å². The van der Waals surface area contributed by atoms with E-state index in [2.05, 4.69) is 0 Å². The van der Waals surface area contributed by atoms with Gasteiger partial charge in [0.1, 0.15) is 11.6 Å². The van der Waals surface area contributed by atoms with Gasteiger partial charge in [0.25, 0.3) is 0 Å². The molecule has 0 amide bonds. The summed E-state index contributed by atoms with van der Waals surface area (Å²) in [6, 6.07) is 1.88. The molecule has 0 bridgehead atoms. The van der Waals surface area contributed by atoms with Gasteiger partial charge in [0.05, 0.1) is 7.11 Å². The Hall–Kier alpha value is -1.09. The molecular weight excluding hydrogens is 229 g/mol. The normalized spacial score (nSPS) is 14.4. The minimum Gasteiger partial charge on any atom is -0.496 e. The number of benzene rings is 1. The van der Waals surface area contributed by atoms with E-state index in [4.69, 9.17) is 10.5 Å². The molecule has 0 aromatic heterocycles. The largest absolute Gasteiger partial charge is 0.496 e. The molecule has 0 unspecified atom stereocenters. The molecule has 0 saturated heterocycles. The number of halogens is 1. The highest BCUT2D eigenvalue weighted by molar-refractivity contribution is 5.46. The minimum absolute atomic E-state index is 0.00233. The number of ether oxygens (including phenoxy) is 1. The van der Waals surface area contributed by atoms with Crippen LogP contribution in [0.25, 0.3) is 0 Å². The summed E-state index contributed by atoms with van der Waals surface area (Å²) >= 11 is 0. The Morgan fingerprint density at radius 2 is 1.94 bits per heavy atom. The van der Waals surface area contributed by atoms with E-state index in [1.54, 1.807) is 7.11 Å². The van der Waals surface area contributed by atoms with Gasteiger partial charge >= 0.3 is 0 Å². The van der Waals surface area contributed by atoms with Crippen LogP contribution >= 0.6 is 0 Å². The van der Waals surface area contributed by atoms with Crippen molar-refractivity contribution in [3.05, 3.63) is 28.6 Å². The van der Waals surface area contributed by atoms with Crippen LogP contribution in [0.15, 0.2) is 6.07 Å². The fourth-order valence-electron chi connectivity index (χ4n) is 2.75. The maximum absolute atomic E-state index is 14.4. The predicted octanol–water partition coefficient (Wildman–Crippen LogP) is 2.99. The molecule has 0 saturated carbocycles. The van der Waals surface area contributed by atoms with Crippen LogP contribution < -0.4 is 10.5 Å². The third-order valence-electron chi connectivity index (χ3n) is 3.74. The Kier molecular flexibility index (Phi) is 4.59. The van der Waals surface area contributed by atoms with Gasteiger partial charge in [-0.05, 0) is 68.7 Å². The van der Waals surface area contributed by atoms with Crippen molar-refractivity contribution in [2.75, 3.05) is 13.7 Å². The van der Waals surface area contributed by atoms with Crippen molar-refractivity contribution in [2.24, 2.45) is 5.73 Å². The summed E-state index contributed by atoms with van der Waals surface area (Å²) in [6.45, 7) is 0.670. The maximum atomic E-state index is 14.4. The average molecular weight is 251 g/mol. The van der Waals surface area contributed by atoms with Crippen molar-refractivity contribution in [1.82, 2.24) is 0 Å². The molecule has 2 rings (SSSR count). The molecule has 18 heavy (non-hydrogen) atoms. The molecule has 0 spiro atoms. The van der Waals surface area contributed by atoms with E-state index in [-0.39, 0.29) is 5.82 Å². The molecular formula is C15H22FNO. The average Bonchev–Trinajstić information content (AvgIpc) is 2.42. The number of hydrogen-bond donors (Lipinski definition) is 1. The van der Waals surface area contributed by atoms with Crippen LogP contribution in [0.5, 0.6) is 5.75 Å². The lowest BCUT2D eigenvalue weighted by Gasteiger charge is -2.21. The van der Waals surface area contributed by atoms with Crippen LogP contribution in [0.2, 0.25) is 0 Å². The maximum Gasteiger partial charge on any atom is 0.130 e. The van der Waals surface area contributed by atoms with Gasteiger partial charge in [-0.3, -0.25) is 0 Å². The highest BCUT2D eigenvalue weighted by Crippen LogP contribution is 2.34. The van der Waals surface area contributed by atoms with Crippen molar-refractivity contribution in [3.8, 4) is 5.75 Å². The summed E-state index contributed by atoms with van der Waals surface area (Å²) in [7, 11) is 1.67. The zero-order valence-corrected chi connectivity index (χ0v) is 11.1. The highest BCUT2D eigenvalue weighted by Gasteiger charge is 2.20. The highest BCUT2D eigenvalue weighted by atomic mass is 19.1. The van der Waals surface area contributed by atoms with Crippen LogP contribution in [0, 0.1) is 5.82 Å². The molecule has 2 nitrogen and oxygen atoms in total. The predicted molar refractivity (Wildman–Crippen MR) is 71.6 cm³/mol. The molecule has 3 heteroatoms. The van der Waals surface area contributed by atoms with E-state index < -0.39 is 0 Å². The van der Waals surface area contributed by atoms with Crippen LogP contribution in [0.1, 0.15) is 42.4 Å². The second-order valence-corrected chi connectivity index (χ2v) is 4.96. The Balaban J connectivity index is 2.30. The molecule has 100 valence electrons. The third-order valence-corrected chi connectivity index (χ3v) is 3.74. The lowest BCUT2D eigenvalue weighted by molar-refractivity contribution is 0.402. The number of rotatable bonds is 5. The monoisotopic (exact) mass is 251 g/mol. The van der Waals surface area contributed by atoms with Crippen molar-refractivity contribution < 1.29 is 9.13 Å². The zero-order chi connectivity index (χ0) is 13.0. The Morgan fingerprint density at radius 1 is 1.22 bits per heavy atom. The van der Waals surface area contributed by atoms with Crippen LogP contribution in [-0.2, 0) is 19.3 Å². The summed E-state index contributed by atoms with van der Waals surface area (Å²) in [5, 5.41) is 0. The molecule has 0 heterocycles. The minimum atomic E-state index is 0.00233. The Labute approximate surface area is 108 Å². The number of hydrogen-bond acceptors (Lipinski definition) is 2. The summed E-state index contributed by atoms with van der Waals surface area (Å²) in [4.78, 5) is 0. The SMILES string of the molecule is COc1cc(CCCCN)c(F)c2c1CCCC2.